The first-order valence-corrected chi connectivity index (χ1v) is 6.95. The van der Waals surface area contributed by atoms with Crippen LogP contribution in [0.25, 0.3) is 0 Å². The zero-order valence-electron chi connectivity index (χ0n) is 11.8. The Hall–Kier alpha value is -1.26. The van der Waals surface area contributed by atoms with Gasteiger partial charge < -0.3 is 19.5 Å². The van der Waals surface area contributed by atoms with E-state index in [2.05, 4.69) is 11.4 Å². The van der Waals surface area contributed by atoms with Crippen molar-refractivity contribution in [2.45, 2.75) is 32.4 Å². The maximum atomic E-state index is 5.58. The van der Waals surface area contributed by atoms with Gasteiger partial charge in [0.25, 0.3) is 0 Å². The van der Waals surface area contributed by atoms with E-state index in [-0.39, 0.29) is 0 Å². The van der Waals surface area contributed by atoms with Gasteiger partial charge in [-0.2, -0.15) is 0 Å². The van der Waals surface area contributed by atoms with Gasteiger partial charge in [0, 0.05) is 19.7 Å². The second-order valence-electron chi connectivity index (χ2n) is 4.68. The molecule has 0 spiro atoms. The third-order valence-corrected chi connectivity index (χ3v) is 3.25. The Morgan fingerprint density at radius 1 is 1.37 bits per heavy atom. The molecule has 106 valence electrons. The molecule has 1 aliphatic rings. The van der Waals surface area contributed by atoms with Crippen molar-refractivity contribution in [3.05, 3.63) is 23.8 Å². The highest BCUT2D eigenvalue weighted by Gasteiger charge is 2.14. The first-order valence-electron chi connectivity index (χ1n) is 6.95. The van der Waals surface area contributed by atoms with Crippen molar-refractivity contribution in [1.82, 2.24) is 5.32 Å². The normalized spacial score (nSPS) is 18.5. The van der Waals surface area contributed by atoms with E-state index in [1.165, 1.54) is 18.4 Å². The van der Waals surface area contributed by atoms with E-state index in [1.807, 2.05) is 19.1 Å². The molecule has 0 amide bonds. The van der Waals surface area contributed by atoms with Crippen molar-refractivity contribution in [2.24, 2.45) is 0 Å². The quantitative estimate of drug-likeness (QED) is 0.821. The molecule has 1 fully saturated rings. The van der Waals surface area contributed by atoms with E-state index in [1.54, 1.807) is 7.11 Å². The topological polar surface area (TPSA) is 39.7 Å². The molecule has 1 atom stereocenters. The summed E-state index contributed by atoms with van der Waals surface area (Å²) in [6.45, 7) is 5.25. The standard InChI is InChI=1S/C15H23NO3/c1-3-18-14-7-6-12(9-15(14)17-2)10-16-11-13-5-4-8-19-13/h6-7,9,13,16H,3-5,8,10-11H2,1-2H3/t13-/m0/s1. The summed E-state index contributed by atoms with van der Waals surface area (Å²) in [5.41, 5.74) is 1.19. The molecule has 0 saturated carbocycles. The average molecular weight is 265 g/mol. The highest BCUT2D eigenvalue weighted by molar-refractivity contribution is 5.42. The molecule has 0 radical (unpaired) electrons. The lowest BCUT2D eigenvalue weighted by atomic mass is 10.2. The van der Waals surface area contributed by atoms with Crippen LogP contribution in [0.15, 0.2) is 18.2 Å². The first-order chi connectivity index (χ1) is 9.33. The van der Waals surface area contributed by atoms with Crippen molar-refractivity contribution in [3.63, 3.8) is 0 Å². The van der Waals surface area contributed by atoms with Crippen LogP contribution in [0.5, 0.6) is 11.5 Å². The van der Waals surface area contributed by atoms with Gasteiger partial charge in [-0.3, -0.25) is 0 Å². The van der Waals surface area contributed by atoms with E-state index in [9.17, 15) is 0 Å². The Kier molecular flexibility index (Phi) is 5.48. The fourth-order valence-corrected chi connectivity index (χ4v) is 2.28. The maximum absolute atomic E-state index is 5.58. The van der Waals surface area contributed by atoms with Crippen LogP contribution in [-0.2, 0) is 11.3 Å². The molecule has 4 heteroatoms. The molecule has 1 heterocycles. The highest BCUT2D eigenvalue weighted by Crippen LogP contribution is 2.27. The highest BCUT2D eigenvalue weighted by atomic mass is 16.5. The Morgan fingerprint density at radius 2 is 2.26 bits per heavy atom. The van der Waals surface area contributed by atoms with Crippen LogP contribution in [0.4, 0.5) is 0 Å². The summed E-state index contributed by atoms with van der Waals surface area (Å²) in [7, 11) is 1.67. The number of hydrogen-bond donors (Lipinski definition) is 1. The molecule has 0 unspecified atom stereocenters. The predicted molar refractivity (Wildman–Crippen MR) is 74.8 cm³/mol. The number of hydrogen-bond acceptors (Lipinski definition) is 4. The third kappa shape index (κ3) is 4.11. The number of ether oxygens (including phenoxy) is 3. The molecular formula is C15H23NO3. The number of benzene rings is 1. The summed E-state index contributed by atoms with van der Waals surface area (Å²) in [5.74, 6) is 1.59. The molecular weight excluding hydrogens is 242 g/mol. The van der Waals surface area contributed by atoms with Crippen molar-refractivity contribution in [2.75, 3.05) is 26.9 Å². The van der Waals surface area contributed by atoms with Gasteiger partial charge in [0.2, 0.25) is 0 Å². The third-order valence-electron chi connectivity index (χ3n) is 3.25. The van der Waals surface area contributed by atoms with E-state index < -0.39 is 0 Å². The van der Waals surface area contributed by atoms with Gasteiger partial charge in [-0.1, -0.05) is 6.07 Å². The molecule has 0 aliphatic carbocycles. The van der Waals surface area contributed by atoms with Crippen LogP contribution >= 0.6 is 0 Å². The Labute approximate surface area is 115 Å². The van der Waals surface area contributed by atoms with Gasteiger partial charge >= 0.3 is 0 Å². The molecule has 4 nitrogen and oxygen atoms in total. The van der Waals surface area contributed by atoms with Crippen LogP contribution in [0.2, 0.25) is 0 Å². The summed E-state index contributed by atoms with van der Waals surface area (Å²) < 4.78 is 16.4. The van der Waals surface area contributed by atoms with Crippen molar-refractivity contribution in [1.29, 1.82) is 0 Å². The van der Waals surface area contributed by atoms with E-state index in [0.717, 1.165) is 31.2 Å². The van der Waals surface area contributed by atoms with Gasteiger partial charge in [-0.25, -0.2) is 0 Å². The smallest absolute Gasteiger partial charge is 0.161 e. The molecule has 2 rings (SSSR count). The second-order valence-corrected chi connectivity index (χ2v) is 4.68. The molecule has 0 bridgehead atoms. The Bertz CT molecular complexity index is 389. The molecule has 0 aromatic heterocycles. The predicted octanol–water partition coefficient (Wildman–Crippen LogP) is 2.36. The van der Waals surface area contributed by atoms with Crippen LogP contribution in [-0.4, -0.2) is 33.0 Å². The molecule has 1 N–H and O–H groups in total. The van der Waals surface area contributed by atoms with Crippen LogP contribution in [0, 0.1) is 0 Å². The van der Waals surface area contributed by atoms with Crippen LogP contribution < -0.4 is 14.8 Å². The Balaban J connectivity index is 1.85. The number of rotatable bonds is 7. The molecule has 1 aliphatic heterocycles. The minimum atomic E-state index is 0.379. The fraction of sp³-hybridized carbons (Fsp3) is 0.600. The first kappa shape index (κ1) is 14.2. The van der Waals surface area contributed by atoms with Gasteiger partial charge in [-0.15, -0.1) is 0 Å². The zero-order chi connectivity index (χ0) is 13.5. The number of methoxy groups -OCH3 is 1. The lowest BCUT2D eigenvalue weighted by Gasteiger charge is -2.13. The summed E-state index contributed by atoms with van der Waals surface area (Å²) >= 11 is 0. The fourth-order valence-electron chi connectivity index (χ4n) is 2.28. The van der Waals surface area contributed by atoms with Crippen LogP contribution in [0.1, 0.15) is 25.3 Å². The summed E-state index contributed by atoms with van der Waals surface area (Å²) in [6, 6.07) is 6.05. The van der Waals surface area contributed by atoms with Crippen molar-refractivity contribution < 1.29 is 14.2 Å². The van der Waals surface area contributed by atoms with Crippen molar-refractivity contribution in [3.8, 4) is 11.5 Å². The minimum absolute atomic E-state index is 0.379. The second kappa shape index (κ2) is 7.36. The van der Waals surface area contributed by atoms with E-state index >= 15 is 0 Å². The maximum Gasteiger partial charge on any atom is 0.161 e. The molecule has 19 heavy (non-hydrogen) atoms. The zero-order valence-corrected chi connectivity index (χ0v) is 11.8. The lowest BCUT2D eigenvalue weighted by Crippen LogP contribution is -2.25. The number of nitrogens with one attached hydrogen (secondary N) is 1. The summed E-state index contributed by atoms with van der Waals surface area (Å²) in [6.07, 6.45) is 2.73. The summed E-state index contributed by atoms with van der Waals surface area (Å²) in [5, 5.41) is 3.43. The lowest BCUT2D eigenvalue weighted by molar-refractivity contribution is 0.110. The SMILES string of the molecule is CCOc1ccc(CNC[C@@H]2CCCO2)cc1OC. The van der Waals surface area contributed by atoms with Crippen LogP contribution in [0.3, 0.4) is 0 Å². The van der Waals surface area contributed by atoms with E-state index in [0.29, 0.717) is 12.7 Å². The Morgan fingerprint density at radius 3 is 2.95 bits per heavy atom. The minimum Gasteiger partial charge on any atom is -0.493 e. The summed E-state index contributed by atoms with van der Waals surface area (Å²) in [4.78, 5) is 0. The van der Waals surface area contributed by atoms with E-state index in [4.69, 9.17) is 14.2 Å². The van der Waals surface area contributed by atoms with Gasteiger partial charge in [0.15, 0.2) is 11.5 Å². The van der Waals surface area contributed by atoms with Crippen molar-refractivity contribution >= 4 is 0 Å². The largest absolute Gasteiger partial charge is 0.493 e. The average Bonchev–Trinajstić information content (AvgIpc) is 2.94. The van der Waals surface area contributed by atoms with Gasteiger partial charge in [0.05, 0.1) is 19.8 Å². The monoisotopic (exact) mass is 265 g/mol. The van der Waals surface area contributed by atoms with Gasteiger partial charge in [-0.05, 0) is 37.5 Å². The molecule has 1 aromatic rings. The van der Waals surface area contributed by atoms with Gasteiger partial charge in [0.1, 0.15) is 0 Å². The molecule has 1 saturated heterocycles. The molecule has 1 aromatic carbocycles.